The van der Waals surface area contributed by atoms with Crippen molar-refractivity contribution in [2.75, 3.05) is 30.9 Å². The molecule has 1 atom stereocenters. The zero-order chi connectivity index (χ0) is 25.0. The zero-order valence-electron chi connectivity index (χ0n) is 20.5. The van der Waals surface area contributed by atoms with Gasteiger partial charge < -0.3 is 19.7 Å². The minimum Gasteiger partial charge on any atom is -0.495 e. The second-order valence-corrected chi connectivity index (χ2v) is 9.01. The fourth-order valence-corrected chi connectivity index (χ4v) is 3.87. The van der Waals surface area contributed by atoms with Crippen LogP contribution < -0.4 is 15.0 Å². The smallest absolute Gasteiger partial charge is 0.411 e. The van der Waals surface area contributed by atoms with Gasteiger partial charge in [-0.05, 0) is 52.2 Å². The number of para-hydroxylation sites is 2. The monoisotopic (exact) mass is 472 g/mol. The van der Waals surface area contributed by atoms with Crippen molar-refractivity contribution in [2.45, 2.75) is 58.7 Å². The number of nitrogens with zero attached hydrogens (tertiary/aromatic N) is 5. The highest BCUT2D eigenvalue weighted by atomic mass is 16.6. The van der Waals surface area contributed by atoms with Crippen LogP contribution in [-0.4, -0.2) is 58.4 Å². The number of nitrogens with one attached hydrogen (secondary N) is 1. The molecule has 11 nitrogen and oxygen atoms in total. The highest BCUT2D eigenvalue weighted by molar-refractivity contribution is 5.72. The van der Waals surface area contributed by atoms with E-state index in [2.05, 4.69) is 15.3 Å². The fraction of sp³-hybridized carbons (Fsp3) is 0.522. The van der Waals surface area contributed by atoms with Crippen molar-refractivity contribution in [2.24, 2.45) is 0 Å². The summed E-state index contributed by atoms with van der Waals surface area (Å²) in [5.74, 6) is 0.862. The summed E-state index contributed by atoms with van der Waals surface area (Å²) >= 11 is 0. The Morgan fingerprint density at radius 2 is 2.03 bits per heavy atom. The summed E-state index contributed by atoms with van der Waals surface area (Å²) < 4.78 is 10.9. The van der Waals surface area contributed by atoms with Gasteiger partial charge in [0.2, 0.25) is 11.8 Å². The van der Waals surface area contributed by atoms with Crippen LogP contribution in [0.3, 0.4) is 0 Å². The number of carbonyl (C=O) groups excluding carboxylic acids is 1. The fourth-order valence-electron chi connectivity index (χ4n) is 3.87. The van der Waals surface area contributed by atoms with Gasteiger partial charge in [0.05, 0.1) is 17.7 Å². The number of carbonyl (C=O) groups is 1. The molecule has 1 aromatic carbocycles. The van der Waals surface area contributed by atoms with Crippen molar-refractivity contribution in [1.29, 1.82) is 0 Å². The number of nitro groups is 1. The van der Waals surface area contributed by atoms with Crippen molar-refractivity contribution in [3.8, 4) is 5.75 Å². The molecule has 0 bridgehead atoms. The van der Waals surface area contributed by atoms with Crippen LogP contribution in [0.15, 0.2) is 24.3 Å². The number of anilines is 3. The molecule has 1 aliphatic rings. The van der Waals surface area contributed by atoms with Gasteiger partial charge >= 0.3 is 11.8 Å². The molecule has 1 amide bonds. The number of rotatable bonds is 7. The molecule has 1 saturated heterocycles. The molecular formula is C23H32N6O5. The van der Waals surface area contributed by atoms with Crippen LogP contribution in [0.4, 0.5) is 27.9 Å². The van der Waals surface area contributed by atoms with Gasteiger partial charge in [0.25, 0.3) is 0 Å². The largest absolute Gasteiger partial charge is 0.495 e. The van der Waals surface area contributed by atoms with E-state index in [1.54, 1.807) is 48.0 Å². The predicted octanol–water partition coefficient (Wildman–Crippen LogP) is 4.49. The van der Waals surface area contributed by atoms with Crippen molar-refractivity contribution in [1.82, 2.24) is 14.9 Å². The average molecular weight is 473 g/mol. The van der Waals surface area contributed by atoms with E-state index in [1.807, 2.05) is 20.8 Å². The number of aryl methyl sites for hydroxylation is 1. The van der Waals surface area contributed by atoms with Crippen LogP contribution in [0.2, 0.25) is 0 Å². The SMILES string of the molecule is CCc1nc(N(C)[C@H]2CCCN2C(=O)OC(C)(C)C)nc(Nc2ccccc2OC)c1[N+](=O)[O-]. The topological polar surface area (TPSA) is 123 Å². The number of likely N-dealkylation sites (tertiary alicyclic amines) is 1. The lowest BCUT2D eigenvalue weighted by Crippen LogP contribution is -2.48. The van der Waals surface area contributed by atoms with Crippen molar-refractivity contribution < 1.29 is 19.2 Å². The van der Waals surface area contributed by atoms with E-state index >= 15 is 0 Å². The third-order valence-corrected chi connectivity index (χ3v) is 5.43. The highest BCUT2D eigenvalue weighted by Crippen LogP contribution is 2.35. The maximum Gasteiger partial charge on any atom is 0.411 e. The van der Waals surface area contributed by atoms with E-state index in [9.17, 15) is 14.9 Å². The van der Waals surface area contributed by atoms with E-state index in [0.29, 0.717) is 36.5 Å². The Labute approximate surface area is 199 Å². The number of benzene rings is 1. The summed E-state index contributed by atoms with van der Waals surface area (Å²) in [6, 6.07) is 7.10. The molecule has 0 spiro atoms. The van der Waals surface area contributed by atoms with E-state index in [4.69, 9.17) is 9.47 Å². The van der Waals surface area contributed by atoms with Gasteiger partial charge in [-0.15, -0.1) is 0 Å². The number of hydrogen-bond acceptors (Lipinski definition) is 9. The van der Waals surface area contributed by atoms with Gasteiger partial charge in [0.1, 0.15) is 23.2 Å². The Kier molecular flexibility index (Phi) is 7.43. The van der Waals surface area contributed by atoms with Crippen molar-refractivity contribution in [3.63, 3.8) is 0 Å². The third kappa shape index (κ3) is 5.46. The molecule has 0 unspecified atom stereocenters. The first-order valence-electron chi connectivity index (χ1n) is 11.2. The first kappa shape index (κ1) is 25.0. The van der Waals surface area contributed by atoms with Crippen LogP contribution in [0.1, 0.15) is 46.2 Å². The predicted molar refractivity (Wildman–Crippen MR) is 129 cm³/mol. The highest BCUT2D eigenvalue weighted by Gasteiger charge is 2.36. The Bertz CT molecular complexity index is 1050. The molecule has 11 heteroatoms. The van der Waals surface area contributed by atoms with Gasteiger partial charge in [-0.25, -0.2) is 9.78 Å². The Hall–Kier alpha value is -3.63. The molecule has 0 radical (unpaired) electrons. The Morgan fingerprint density at radius 1 is 1.32 bits per heavy atom. The van der Waals surface area contributed by atoms with E-state index in [1.165, 1.54) is 7.11 Å². The van der Waals surface area contributed by atoms with E-state index in [-0.39, 0.29) is 23.6 Å². The lowest BCUT2D eigenvalue weighted by molar-refractivity contribution is -0.385. The van der Waals surface area contributed by atoms with Crippen molar-refractivity contribution in [3.05, 3.63) is 40.1 Å². The van der Waals surface area contributed by atoms with Gasteiger partial charge in [-0.1, -0.05) is 19.1 Å². The van der Waals surface area contributed by atoms with Gasteiger partial charge in [0.15, 0.2) is 0 Å². The molecule has 184 valence electrons. The van der Waals surface area contributed by atoms with Crippen LogP contribution in [0.25, 0.3) is 0 Å². The van der Waals surface area contributed by atoms with Crippen LogP contribution >= 0.6 is 0 Å². The number of amides is 1. The standard InChI is InChI=1S/C23H32N6O5/c1-7-15-19(29(31)32)20(24-16-11-8-9-12-17(16)33-6)26-21(25-15)27(5)18-13-10-14-28(18)22(30)34-23(2,3)4/h8-9,11-12,18H,7,10,13-14H2,1-6H3,(H,24,25,26)/t18-/m1/s1. The van der Waals surface area contributed by atoms with Crippen molar-refractivity contribution >= 4 is 29.2 Å². The third-order valence-electron chi connectivity index (χ3n) is 5.43. The Balaban J connectivity index is 2.00. The summed E-state index contributed by atoms with van der Waals surface area (Å²) in [6.45, 7) is 7.81. The zero-order valence-corrected chi connectivity index (χ0v) is 20.5. The normalized spacial score (nSPS) is 15.7. The minimum absolute atomic E-state index is 0.0602. The average Bonchev–Trinajstić information content (AvgIpc) is 3.27. The Morgan fingerprint density at radius 3 is 2.65 bits per heavy atom. The maximum atomic E-state index is 12.8. The lowest BCUT2D eigenvalue weighted by Gasteiger charge is -2.34. The molecule has 1 N–H and O–H groups in total. The summed E-state index contributed by atoms with van der Waals surface area (Å²) in [5.41, 5.74) is 0.0224. The summed E-state index contributed by atoms with van der Waals surface area (Å²) in [4.78, 5) is 36.6. The first-order chi connectivity index (χ1) is 16.1. The molecule has 0 saturated carbocycles. The molecule has 1 aliphatic heterocycles. The quantitative estimate of drug-likeness (QED) is 0.458. The molecule has 0 aliphatic carbocycles. The molecule has 3 rings (SSSR count). The van der Waals surface area contributed by atoms with E-state index < -0.39 is 16.6 Å². The summed E-state index contributed by atoms with van der Waals surface area (Å²) in [5, 5.41) is 15.0. The van der Waals surface area contributed by atoms with E-state index in [0.717, 1.165) is 6.42 Å². The molecule has 2 heterocycles. The summed E-state index contributed by atoms with van der Waals surface area (Å²) in [7, 11) is 3.30. The first-order valence-corrected chi connectivity index (χ1v) is 11.2. The van der Waals surface area contributed by atoms with Gasteiger partial charge in [-0.3, -0.25) is 15.0 Å². The maximum absolute atomic E-state index is 12.8. The molecule has 34 heavy (non-hydrogen) atoms. The van der Waals surface area contributed by atoms with Gasteiger partial charge in [-0.2, -0.15) is 4.98 Å². The number of methoxy groups -OCH3 is 1. The second kappa shape index (κ2) is 10.1. The number of aromatic nitrogens is 2. The van der Waals surface area contributed by atoms with Crippen LogP contribution in [0, 0.1) is 10.1 Å². The molecule has 1 fully saturated rings. The second-order valence-electron chi connectivity index (χ2n) is 9.01. The summed E-state index contributed by atoms with van der Waals surface area (Å²) in [6.07, 6.45) is 1.09. The molecular weight excluding hydrogens is 440 g/mol. The molecule has 2 aromatic rings. The number of ether oxygens (including phenoxy) is 2. The molecule has 1 aromatic heterocycles. The number of hydrogen-bond donors (Lipinski definition) is 1. The minimum atomic E-state index is -0.617. The van der Waals surface area contributed by atoms with Gasteiger partial charge in [0, 0.05) is 13.6 Å². The lowest BCUT2D eigenvalue weighted by atomic mass is 10.2. The van der Waals surface area contributed by atoms with Crippen LogP contribution in [-0.2, 0) is 11.2 Å². The van der Waals surface area contributed by atoms with Crippen LogP contribution in [0.5, 0.6) is 5.75 Å².